The fourth-order valence-corrected chi connectivity index (χ4v) is 1.55. The summed E-state index contributed by atoms with van der Waals surface area (Å²) < 4.78 is 46.0. The van der Waals surface area contributed by atoms with Crippen LogP contribution < -0.4 is 5.32 Å². The molecule has 0 radical (unpaired) electrons. The van der Waals surface area contributed by atoms with Gasteiger partial charge in [0.2, 0.25) is 5.95 Å². The molecule has 0 spiro atoms. The molecule has 0 atom stereocenters. The highest BCUT2D eigenvalue weighted by Crippen LogP contribution is 2.22. The van der Waals surface area contributed by atoms with Crippen molar-refractivity contribution in [3.05, 3.63) is 42.0 Å². The summed E-state index contributed by atoms with van der Waals surface area (Å²) in [5, 5.41) is 2.61. The first-order valence-corrected chi connectivity index (χ1v) is 5.54. The third-order valence-corrected chi connectivity index (χ3v) is 2.53. The molecule has 0 amide bonds. The van der Waals surface area contributed by atoms with E-state index in [4.69, 9.17) is 4.74 Å². The first-order chi connectivity index (χ1) is 9.13. The van der Waals surface area contributed by atoms with Gasteiger partial charge in [-0.25, -0.2) is 18.2 Å². The van der Waals surface area contributed by atoms with Crippen LogP contribution in [0.2, 0.25) is 0 Å². The van der Waals surface area contributed by atoms with Gasteiger partial charge in [0.15, 0.2) is 17.5 Å². The number of halogens is 3. The molecule has 2 aromatic rings. The number of anilines is 2. The third-order valence-electron chi connectivity index (χ3n) is 2.53. The first kappa shape index (κ1) is 13.4. The van der Waals surface area contributed by atoms with Crippen molar-refractivity contribution in [3.8, 4) is 0 Å². The quantitative estimate of drug-likeness (QED) is 0.850. The second-order valence-electron chi connectivity index (χ2n) is 3.78. The average molecular weight is 271 g/mol. The number of methoxy groups -OCH3 is 1. The van der Waals surface area contributed by atoms with Crippen molar-refractivity contribution in [2.24, 2.45) is 0 Å². The fourth-order valence-electron chi connectivity index (χ4n) is 1.55. The smallest absolute Gasteiger partial charge is 0.207 e. The number of aromatic nitrogens is 2. The first-order valence-electron chi connectivity index (χ1n) is 5.54. The molecule has 0 unspecified atom stereocenters. The molecule has 1 aromatic carbocycles. The third kappa shape index (κ3) is 2.87. The maximum Gasteiger partial charge on any atom is 0.207 e. The molecule has 1 N–H and O–H groups in total. The van der Waals surface area contributed by atoms with Crippen LogP contribution >= 0.6 is 0 Å². The van der Waals surface area contributed by atoms with Crippen LogP contribution in [0.15, 0.2) is 24.5 Å². The molecule has 7 heteroatoms. The highest BCUT2D eigenvalue weighted by atomic mass is 19.2. The number of imidazole rings is 1. The Bertz CT molecular complexity index is 571. The number of hydrogen-bond acceptors (Lipinski definition) is 3. The van der Waals surface area contributed by atoms with Crippen molar-refractivity contribution < 1.29 is 17.9 Å². The summed E-state index contributed by atoms with van der Waals surface area (Å²) in [6.07, 6.45) is 3.18. The summed E-state index contributed by atoms with van der Waals surface area (Å²) in [6, 6.07) is 1.96. The van der Waals surface area contributed by atoms with Gasteiger partial charge in [0.1, 0.15) is 0 Å². The Labute approximate surface area is 107 Å². The number of hydrogen-bond donors (Lipinski definition) is 1. The zero-order valence-electron chi connectivity index (χ0n) is 10.2. The Morgan fingerprint density at radius 1 is 1.26 bits per heavy atom. The molecule has 102 valence electrons. The van der Waals surface area contributed by atoms with Crippen molar-refractivity contribution in [2.45, 2.75) is 6.54 Å². The Kier molecular flexibility index (Phi) is 4.06. The van der Waals surface area contributed by atoms with Crippen molar-refractivity contribution >= 4 is 11.6 Å². The van der Waals surface area contributed by atoms with Gasteiger partial charge in [0.05, 0.1) is 12.3 Å². The lowest BCUT2D eigenvalue weighted by atomic mass is 10.3. The highest BCUT2D eigenvalue weighted by molar-refractivity contribution is 5.54. The lowest BCUT2D eigenvalue weighted by Crippen LogP contribution is -2.08. The van der Waals surface area contributed by atoms with Crippen LogP contribution in [-0.4, -0.2) is 23.3 Å². The van der Waals surface area contributed by atoms with E-state index in [-0.39, 0.29) is 5.69 Å². The van der Waals surface area contributed by atoms with E-state index in [1.807, 2.05) is 0 Å². The molecule has 0 aliphatic carbocycles. The second kappa shape index (κ2) is 5.75. The molecule has 4 nitrogen and oxygen atoms in total. The van der Waals surface area contributed by atoms with Crippen LogP contribution in [0.3, 0.4) is 0 Å². The maximum atomic E-state index is 13.5. The van der Waals surface area contributed by atoms with E-state index in [9.17, 15) is 13.2 Å². The Morgan fingerprint density at radius 3 is 2.79 bits per heavy atom. The summed E-state index contributed by atoms with van der Waals surface area (Å²) >= 11 is 0. The lowest BCUT2D eigenvalue weighted by molar-refractivity contribution is 0.188. The van der Waals surface area contributed by atoms with Crippen LogP contribution in [0.25, 0.3) is 0 Å². The molecule has 0 aliphatic heterocycles. The maximum absolute atomic E-state index is 13.5. The molecule has 0 aliphatic rings. The van der Waals surface area contributed by atoms with Crippen LogP contribution in [0.5, 0.6) is 0 Å². The molecule has 0 bridgehead atoms. The topological polar surface area (TPSA) is 39.1 Å². The van der Waals surface area contributed by atoms with Crippen LogP contribution in [0.4, 0.5) is 24.8 Å². The number of nitrogens with zero attached hydrogens (tertiary/aromatic N) is 2. The zero-order valence-corrected chi connectivity index (χ0v) is 10.2. The zero-order chi connectivity index (χ0) is 13.8. The largest absolute Gasteiger partial charge is 0.383 e. The van der Waals surface area contributed by atoms with E-state index >= 15 is 0 Å². The molecular formula is C12H12F3N3O. The highest BCUT2D eigenvalue weighted by Gasteiger charge is 2.14. The van der Waals surface area contributed by atoms with Gasteiger partial charge in [-0.2, -0.15) is 0 Å². The summed E-state index contributed by atoms with van der Waals surface area (Å²) in [4.78, 5) is 3.97. The van der Waals surface area contributed by atoms with Gasteiger partial charge in [0, 0.05) is 26.0 Å². The van der Waals surface area contributed by atoms with Crippen molar-refractivity contribution in [2.75, 3.05) is 19.0 Å². The van der Waals surface area contributed by atoms with E-state index in [0.29, 0.717) is 19.1 Å². The lowest BCUT2D eigenvalue weighted by Gasteiger charge is -2.10. The molecule has 0 saturated carbocycles. The number of nitrogens with one attached hydrogen (secondary N) is 1. The van der Waals surface area contributed by atoms with Crippen LogP contribution in [-0.2, 0) is 11.3 Å². The SMILES string of the molecule is COCCn1ccnc1Nc1ccc(F)c(F)c1F. The van der Waals surface area contributed by atoms with E-state index in [2.05, 4.69) is 10.3 Å². The Balaban J connectivity index is 2.22. The standard InChI is InChI=1S/C12H12F3N3O/c1-19-7-6-18-5-4-16-12(18)17-9-3-2-8(13)10(14)11(9)15/h2-5H,6-7H2,1H3,(H,16,17). The van der Waals surface area contributed by atoms with Crippen molar-refractivity contribution in [1.82, 2.24) is 9.55 Å². The predicted molar refractivity (Wildman–Crippen MR) is 63.7 cm³/mol. The fraction of sp³-hybridized carbons (Fsp3) is 0.250. The molecule has 19 heavy (non-hydrogen) atoms. The second-order valence-corrected chi connectivity index (χ2v) is 3.78. The summed E-state index contributed by atoms with van der Waals surface area (Å²) in [5.74, 6) is -3.70. The minimum Gasteiger partial charge on any atom is -0.383 e. The van der Waals surface area contributed by atoms with Gasteiger partial charge in [-0.3, -0.25) is 0 Å². The molecule has 1 aromatic heterocycles. The van der Waals surface area contributed by atoms with E-state index in [1.165, 1.54) is 6.20 Å². The minimum absolute atomic E-state index is 0.177. The van der Waals surface area contributed by atoms with Gasteiger partial charge in [-0.05, 0) is 12.1 Å². The van der Waals surface area contributed by atoms with Crippen LogP contribution in [0.1, 0.15) is 0 Å². The monoisotopic (exact) mass is 271 g/mol. The Hall–Kier alpha value is -2.02. The summed E-state index contributed by atoms with van der Waals surface area (Å²) in [5.41, 5.74) is -0.177. The van der Waals surface area contributed by atoms with Crippen LogP contribution in [0, 0.1) is 17.5 Å². The van der Waals surface area contributed by atoms with Gasteiger partial charge >= 0.3 is 0 Å². The summed E-state index contributed by atoms with van der Waals surface area (Å²) in [6.45, 7) is 0.954. The van der Waals surface area contributed by atoms with Gasteiger partial charge in [0.25, 0.3) is 0 Å². The van der Waals surface area contributed by atoms with Crippen molar-refractivity contribution in [1.29, 1.82) is 0 Å². The number of rotatable bonds is 5. The molecule has 1 heterocycles. The molecule has 0 fully saturated rings. The van der Waals surface area contributed by atoms with E-state index in [1.54, 1.807) is 17.9 Å². The van der Waals surface area contributed by atoms with Gasteiger partial charge in [-0.1, -0.05) is 0 Å². The predicted octanol–water partition coefficient (Wildman–Crippen LogP) is 2.69. The summed E-state index contributed by atoms with van der Waals surface area (Å²) in [7, 11) is 1.55. The van der Waals surface area contributed by atoms with Crippen molar-refractivity contribution in [3.63, 3.8) is 0 Å². The van der Waals surface area contributed by atoms with Gasteiger partial charge < -0.3 is 14.6 Å². The number of ether oxygens (including phenoxy) is 1. The molecular weight excluding hydrogens is 259 g/mol. The van der Waals surface area contributed by atoms with Gasteiger partial charge in [-0.15, -0.1) is 0 Å². The normalized spacial score (nSPS) is 10.7. The molecule has 2 rings (SSSR count). The minimum atomic E-state index is -1.51. The van der Waals surface area contributed by atoms with E-state index < -0.39 is 17.5 Å². The Morgan fingerprint density at radius 2 is 2.05 bits per heavy atom. The average Bonchev–Trinajstić information content (AvgIpc) is 2.84. The molecule has 0 saturated heterocycles. The number of benzene rings is 1. The van der Waals surface area contributed by atoms with E-state index in [0.717, 1.165) is 12.1 Å².